The number of amides is 4. The number of benzene rings is 2. The van der Waals surface area contributed by atoms with Gasteiger partial charge in [0.25, 0.3) is 0 Å². The predicted octanol–water partition coefficient (Wildman–Crippen LogP) is 1.58. The Morgan fingerprint density at radius 2 is 1.73 bits per heavy atom. The van der Waals surface area contributed by atoms with Crippen molar-refractivity contribution in [1.29, 1.82) is 0 Å². The molecule has 3 N–H and O–H groups in total. The van der Waals surface area contributed by atoms with Gasteiger partial charge in [0.15, 0.2) is 5.75 Å². The zero-order valence-electron chi connectivity index (χ0n) is 19.9. The highest BCUT2D eigenvalue weighted by molar-refractivity contribution is 5.91. The van der Waals surface area contributed by atoms with Crippen LogP contribution in [0.3, 0.4) is 0 Å². The maximum atomic E-state index is 15.7. The number of nitrogens with zero attached hydrogens (tertiary/aromatic N) is 5. The van der Waals surface area contributed by atoms with Crippen LogP contribution in [0.1, 0.15) is 0 Å². The van der Waals surface area contributed by atoms with E-state index in [-0.39, 0.29) is 36.6 Å². The molecule has 0 bridgehead atoms. The van der Waals surface area contributed by atoms with E-state index in [1.807, 2.05) is 24.3 Å². The van der Waals surface area contributed by atoms with Gasteiger partial charge in [-0.05, 0) is 12.1 Å². The van der Waals surface area contributed by atoms with Gasteiger partial charge in [-0.3, -0.25) is 0 Å². The number of urea groups is 2. The molecule has 4 heterocycles. The molecule has 2 saturated heterocycles. The van der Waals surface area contributed by atoms with E-state index >= 15 is 4.39 Å². The number of aromatic nitrogens is 4. The molecule has 2 aliphatic heterocycles. The first kappa shape index (κ1) is 22.9. The second-order valence-electron chi connectivity index (χ2n) is 8.72. The van der Waals surface area contributed by atoms with Gasteiger partial charge >= 0.3 is 12.1 Å². The third-order valence-electron chi connectivity index (χ3n) is 6.43. The molecular formula is C24H25FN8O4. The molecule has 2 aliphatic rings. The van der Waals surface area contributed by atoms with E-state index in [2.05, 4.69) is 25.6 Å². The van der Waals surface area contributed by atoms with E-state index in [0.29, 0.717) is 61.6 Å². The van der Waals surface area contributed by atoms with Crippen molar-refractivity contribution in [3.63, 3.8) is 0 Å². The van der Waals surface area contributed by atoms with Gasteiger partial charge in [0.05, 0.1) is 29.7 Å². The highest BCUT2D eigenvalue weighted by atomic mass is 19.1. The lowest BCUT2D eigenvalue weighted by Crippen LogP contribution is -2.33. The van der Waals surface area contributed by atoms with Crippen molar-refractivity contribution in [3.05, 3.63) is 42.5 Å². The predicted molar refractivity (Wildman–Crippen MR) is 132 cm³/mol. The first-order chi connectivity index (χ1) is 18.1. The van der Waals surface area contributed by atoms with E-state index in [9.17, 15) is 9.59 Å². The van der Waals surface area contributed by atoms with Crippen molar-refractivity contribution in [2.75, 3.05) is 52.5 Å². The fourth-order valence-corrected chi connectivity index (χ4v) is 4.56. The minimum Gasteiger partial charge on any atom is -0.488 e. The molecule has 2 aromatic heterocycles. The summed E-state index contributed by atoms with van der Waals surface area (Å²) in [5.41, 5.74) is 2.36. The Morgan fingerprint density at radius 1 is 1.00 bits per heavy atom. The summed E-state index contributed by atoms with van der Waals surface area (Å²) in [6.45, 7) is 3.41. The van der Waals surface area contributed by atoms with Gasteiger partial charge in [0.1, 0.15) is 42.2 Å². The molecule has 37 heavy (non-hydrogen) atoms. The molecule has 2 aromatic carbocycles. The zero-order valence-corrected chi connectivity index (χ0v) is 19.9. The quantitative estimate of drug-likeness (QED) is 0.315. The fourth-order valence-electron chi connectivity index (χ4n) is 4.56. The Kier molecular flexibility index (Phi) is 5.87. The van der Waals surface area contributed by atoms with Gasteiger partial charge in [-0.1, -0.05) is 12.1 Å². The van der Waals surface area contributed by atoms with Crippen LogP contribution in [0.15, 0.2) is 36.7 Å². The van der Waals surface area contributed by atoms with Crippen LogP contribution < -0.4 is 20.2 Å². The lowest BCUT2D eigenvalue weighted by molar-refractivity contribution is 0.103. The summed E-state index contributed by atoms with van der Waals surface area (Å²) in [5, 5.41) is 5.49. The topological polar surface area (TPSA) is 130 Å². The largest absolute Gasteiger partial charge is 0.488 e. The van der Waals surface area contributed by atoms with Crippen molar-refractivity contribution in [2.24, 2.45) is 0 Å². The van der Waals surface area contributed by atoms with Crippen LogP contribution in [0, 0.1) is 5.82 Å². The lowest BCUT2D eigenvalue weighted by Gasteiger charge is -2.17. The van der Waals surface area contributed by atoms with Gasteiger partial charge in [-0.2, -0.15) is 4.73 Å². The van der Waals surface area contributed by atoms with Crippen LogP contribution in [0.4, 0.5) is 14.0 Å². The van der Waals surface area contributed by atoms with E-state index in [1.165, 1.54) is 17.1 Å². The summed E-state index contributed by atoms with van der Waals surface area (Å²) in [7, 11) is 0. The monoisotopic (exact) mass is 508 g/mol. The van der Waals surface area contributed by atoms with E-state index < -0.39 is 5.82 Å². The van der Waals surface area contributed by atoms with E-state index in [0.717, 1.165) is 5.52 Å². The molecule has 12 nitrogen and oxygen atoms in total. The summed E-state index contributed by atoms with van der Waals surface area (Å²) in [5.74, 6) is -0.0512. The van der Waals surface area contributed by atoms with Crippen LogP contribution >= 0.6 is 0 Å². The average Bonchev–Trinajstić information content (AvgIpc) is 3.67. The molecule has 4 amide bonds. The van der Waals surface area contributed by atoms with E-state index in [1.54, 1.807) is 9.80 Å². The number of imidazole rings is 2. The van der Waals surface area contributed by atoms with Gasteiger partial charge in [0, 0.05) is 32.2 Å². The summed E-state index contributed by atoms with van der Waals surface area (Å²) in [6.07, 6.45) is 1.44. The molecule has 6 rings (SSSR count). The Hall–Kier alpha value is -4.55. The molecule has 0 spiro atoms. The molecular weight excluding hydrogens is 483 g/mol. The SMILES string of the molecule is O=C1NCCN1CCOc1c(-c2nc3ccccc3[nH]2)c(F)cc2c1ncn2OCCN1CCNC1=O. The molecule has 4 aromatic rings. The third-order valence-corrected chi connectivity index (χ3v) is 6.43. The number of nitrogens with one attached hydrogen (secondary N) is 3. The molecule has 0 radical (unpaired) electrons. The Morgan fingerprint density at radius 3 is 2.43 bits per heavy atom. The second kappa shape index (κ2) is 9.48. The van der Waals surface area contributed by atoms with Crippen molar-refractivity contribution < 1.29 is 23.6 Å². The smallest absolute Gasteiger partial charge is 0.317 e. The maximum absolute atomic E-state index is 15.7. The number of hydrogen-bond acceptors (Lipinski definition) is 6. The summed E-state index contributed by atoms with van der Waals surface area (Å²) in [6, 6.07) is 8.45. The normalized spacial score (nSPS) is 15.6. The van der Waals surface area contributed by atoms with Gasteiger partial charge in [-0.15, -0.1) is 0 Å². The van der Waals surface area contributed by atoms with Gasteiger partial charge in [0.2, 0.25) is 0 Å². The summed E-state index contributed by atoms with van der Waals surface area (Å²) in [4.78, 5) is 44.9. The van der Waals surface area contributed by atoms with Crippen LogP contribution in [-0.4, -0.2) is 94.0 Å². The first-order valence-corrected chi connectivity index (χ1v) is 12.0. The molecule has 0 aliphatic carbocycles. The molecule has 0 atom stereocenters. The lowest BCUT2D eigenvalue weighted by atomic mass is 10.1. The molecule has 2 fully saturated rings. The number of carbonyl (C=O) groups is 2. The maximum Gasteiger partial charge on any atom is 0.317 e. The van der Waals surface area contributed by atoms with Crippen molar-refractivity contribution in [1.82, 2.24) is 40.1 Å². The first-order valence-electron chi connectivity index (χ1n) is 12.0. The van der Waals surface area contributed by atoms with Crippen molar-refractivity contribution >= 4 is 34.1 Å². The van der Waals surface area contributed by atoms with Crippen LogP contribution in [0.2, 0.25) is 0 Å². The van der Waals surface area contributed by atoms with Gasteiger partial charge in [-0.25, -0.2) is 23.9 Å². The number of H-pyrrole nitrogens is 1. The van der Waals surface area contributed by atoms with Gasteiger partial charge < -0.3 is 35.0 Å². The number of aromatic amines is 1. The number of carbonyl (C=O) groups excluding carboxylic acids is 2. The summed E-state index contributed by atoms with van der Waals surface area (Å²) < 4.78 is 23.2. The van der Waals surface area contributed by atoms with Crippen molar-refractivity contribution in [3.8, 4) is 17.1 Å². The standard InChI is InChI=1S/C24H25FN8O4/c25-15-13-18-20(28-14-33(18)37-12-10-32-8-6-27-24(32)35)21(36-11-9-31-7-5-26-23(31)34)19(15)22-29-16-3-1-2-4-17(16)30-22/h1-4,13-14H,5-12H2,(H,26,34)(H,27,35)(H,29,30). The Labute approximate surface area is 210 Å². The number of rotatable bonds is 9. The molecule has 192 valence electrons. The number of hydrogen-bond donors (Lipinski definition) is 3. The summed E-state index contributed by atoms with van der Waals surface area (Å²) >= 11 is 0. The molecule has 0 saturated carbocycles. The minimum absolute atomic E-state index is 0.136. The van der Waals surface area contributed by atoms with E-state index in [4.69, 9.17) is 9.57 Å². The molecule has 0 unspecified atom stereocenters. The van der Waals surface area contributed by atoms with Crippen molar-refractivity contribution in [2.45, 2.75) is 0 Å². The zero-order chi connectivity index (χ0) is 25.4. The van der Waals surface area contributed by atoms with Crippen LogP contribution in [0.5, 0.6) is 5.75 Å². The number of fused-ring (bicyclic) bond motifs is 2. The fraction of sp³-hybridized carbons (Fsp3) is 0.333. The average molecular weight is 509 g/mol. The van der Waals surface area contributed by atoms with Crippen LogP contribution in [0.25, 0.3) is 33.5 Å². The Balaban J connectivity index is 1.32. The Bertz CT molecular complexity index is 1450. The number of ether oxygens (including phenoxy) is 1. The third kappa shape index (κ3) is 4.32. The second-order valence-corrected chi connectivity index (χ2v) is 8.72. The number of para-hydroxylation sites is 2. The highest BCUT2D eigenvalue weighted by Crippen LogP contribution is 2.38. The molecule has 13 heteroatoms. The minimum atomic E-state index is -0.565. The van der Waals surface area contributed by atoms with Crippen LogP contribution in [-0.2, 0) is 0 Å². The number of halogens is 1. The highest BCUT2D eigenvalue weighted by Gasteiger charge is 2.25.